The highest BCUT2D eigenvalue weighted by atomic mass is 32.2. The lowest BCUT2D eigenvalue weighted by Gasteiger charge is -2.25. The molecule has 1 aromatic rings. The Morgan fingerprint density at radius 3 is 2.75 bits per heavy atom. The zero-order valence-electron chi connectivity index (χ0n) is 12.0. The predicted molar refractivity (Wildman–Crippen MR) is 81.9 cm³/mol. The Labute approximate surface area is 120 Å². The molecule has 1 fully saturated rings. The Hall–Kier alpha value is -1.43. The molecule has 0 saturated carbocycles. The molecule has 1 unspecified atom stereocenters. The van der Waals surface area contributed by atoms with E-state index in [1.807, 2.05) is 19.9 Å². The summed E-state index contributed by atoms with van der Waals surface area (Å²) in [4.78, 5) is 0. The lowest BCUT2D eigenvalue weighted by atomic mass is 10.0. The minimum Gasteiger partial charge on any atom is -0.493 e. The molecule has 6 heteroatoms. The fourth-order valence-electron chi connectivity index (χ4n) is 2.46. The van der Waals surface area contributed by atoms with Crippen LogP contribution in [0, 0.1) is 0 Å². The lowest BCUT2D eigenvalue weighted by Crippen LogP contribution is -2.35. The van der Waals surface area contributed by atoms with Crippen LogP contribution in [-0.4, -0.2) is 32.1 Å². The second-order valence-electron chi connectivity index (χ2n) is 5.67. The zero-order chi connectivity index (χ0) is 14.8. The fourth-order valence-corrected chi connectivity index (χ4v) is 4.55. The summed E-state index contributed by atoms with van der Waals surface area (Å²) in [5.74, 6) is 1.09. The van der Waals surface area contributed by atoms with Gasteiger partial charge in [-0.05, 0) is 25.8 Å². The van der Waals surface area contributed by atoms with Gasteiger partial charge in [0.05, 0.1) is 18.1 Å². The van der Waals surface area contributed by atoms with Gasteiger partial charge in [0.1, 0.15) is 5.75 Å². The molecular weight excluding hydrogens is 276 g/mol. The second kappa shape index (κ2) is 5.52. The van der Waals surface area contributed by atoms with Crippen molar-refractivity contribution in [3.63, 3.8) is 0 Å². The van der Waals surface area contributed by atoms with Crippen molar-refractivity contribution in [3.8, 4) is 5.75 Å². The van der Waals surface area contributed by atoms with Crippen LogP contribution in [0.3, 0.4) is 0 Å². The smallest absolute Gasteiger partial charge is 0.152 e. The number of nitrogens with one attached hydrogen (secondary N) is 1. The summed E-state index contributed by atoms with van der Waals surface area (Å²) in [6, 6.07) is 5.44. The van der Waals surface area contributed by atoms with Crippen molar-refractivity contribution in [3.05, 3.63) is 18.2 Å². The van der Waals surface area contributed by atoms with Crippen molar-refractivity contribution in [2.45, 2.75) is 32.2 Å². The minimum absolute atomic E-state index is 0.153. The molecular formula is C14H22N2O3S. The molecule has 0 radical (unpaired) electrons. The molecule has 0 spiro atoms. The van der Waals surface area contributed by atoms with E-state index in [9.17, 15) is 8.42 Å². The van der Waals surface area contributed by atoms with Crippen LogP contribution in [0.25, 0.3) is 0 Å². The van der Waals surface area contributed by atoms with Crippen LogP contribution >= 0.6 is 0 Å². The van der Waals surface area contributed by atoms with Gasteiger partial charge in [0.2, 0.25) is 0 Å². The number of sulfone groups is 1. The number of hydrogen-bond donors (Lipinski definition) is 2. The standard InChI is InChI=1S/C14H22N2O3S/c1-3-5-19-13-8-11(15)7-12(9-13)16-14(2)4-6-20(17,18)10-14/h7-9,16H,3-6,10,15H2,1-2H3. The molecule has 112 valence electrons. The summed E-state index contributed by atoms with van der Waals surface area (Å²) in [5, 5.41) is 3.29. The number of ether oxygens (including phenoxy) is 1. The molecule has 5 nitrogen and oxygen atoms in total. The third kappa shape index (κ3) is 3.79. The van der Waals surface area contributed by atoms with E-state index in [1.165, 1.54) is 0 Å². The maximum Gasteiger partial charge on any atom is 0.152 e. The van der Waals surface area contributed by atoms with Crippen LogP contribution in [0.15, 0.2) is 18.2 Å². The second-order valence-corrected chi connectivity index (χ2v) is 7.85. The van der Waals surface area contributed by atoms with Gasteiger partial charge in [-0.15, -0.1) is 0 Å². The summed E-state index contributed by atoms with van der Waals surface area (Å²) >= 11 is 0. The highest BCUT2D eigenvalue weighted by molar-refractivity contribution is 7.91. The molecule has 1 aliphatic rings. The summed E-state index contributed by atoms with van der Waals surface area (Å²) < 4.78 is 28.8. The SMILES string of the molecule is CCCOc1cc(N)cc(NC2(C)CCS(=O)(=O)C2)c1. The molecule has 1 saturated heterocycles. The lowest BCUT2D eigenvalue weighted by molar-refractivity contribution is 0.317. The summed E-state index contributed by atoms with van der Waals surface area (Å²) in [6.45, 7) is 4.59. The molecule has 0 aliphatic carbocycles. The van der Waals surface area contributed by atoms with Crippen LogP contribution < -0.4 is 15.8 Å². The van der Waals surface area contributed by atoms with Gasteiger partial charge in [-0.1, -0.05) is 6.92 Å². The van der Waals surface area contributed by atoms with Gasteiger partial charge in [0.15, 0.2) is 9.84 Å². The van der Waals surface area contributed by atoms with E-state index in [-0.39, 0.29) is 11.5 Å². The van der Waals surface area contributed by atoms with Crippen LogP contribution in [0.5, 0.6) is 5.75 Å². The van der Waals surface area contributed by atoms with Gasteiger partial charge in [-0.3, -0.25) is 0 Å². The maximum absolute atomic E-state index is 11.6. The van der Waals surface area contributed by atoms with Crippen molar-refractivity contribution in [2.24, 2.45) is 0 Å². The average Bonchev–Trinajstić information content (AvgIpc) is 2.60. The molecule has 1 aliphatic heterocycles. The fraction of sp³-hybridized carbons (Fsp3) is 0.571. The first-order chi connectivity index (χ1) is 9.32. The Morgan fingerprint density at radius 1 is 1.40 bits per heavy atom. The molecule has 0 bridgehead atoms. The molecule has 2 rings (SSSR count). The van der Waals surface area contributed by atoms with Crippen molar-refractivity contribution in [1.29, 1.82) is 0 Å². The quantitative estimate of drug-likeness (QED) is 0.813. The highest BCUT2D eigenvalue weighted by Crippen LogP contribution is 2.30. The Morgan fingerprint density at radius 2 is 2.15 bits per heavy atom. The predicted octanol–water partition coefficient (Wildman–Crippen LogP) is 2.05. The van der Waals surface area contributed by atoms with Crippen LogP contribution in [-0.2, 0) is 9.84 Å². The van der Waals surface area contributed by atoms with Crippen molar-refractivity contribution in [2.75, 3.05) is 29.2 Å². The van der Waals surface area contributed by atoms with Gasteiger partial charge in [-0.25, -0.2) is 8.42 Å². The Balaban J connectivity index is 2.15. The van der Waals surface area contributed by atoms with E-state index in [0.717, 1.165) is 12.1 Å². The number of hydrogen-bond acceptors (Lipinski definition) is 5. The Bertz CT molecular complexity index is 586. The molecule has 20 heavy (non-hydrogen) atoms. The van der Waals surface area contributed by atoms with Crippen molar-refractivity contribution in [1.82, 2.24) is 0 Å². The largest absolute Gasteiger partial charge is 0.493 e. The Kier molecular flexibility index (Phi) is 4.13. The maximum atomic E-state index is 11.6. The van der Waals surface area contributed by atoms with E-state index >= 15 is 0 Å². The van der Waals surface area contributed by atoms with Crippen LogP contribution in [0.4, 0.5) is 11.4 Å². The van der Waals surface area contributed by atoms with Crippen LogP contribution in [0.2, 0.25) is 0 Å². The first-order valence-corrected chi connectivity index (χ1v) is 8.66. The van der Waals surface area contributed by atoms with Crippen molar-refractivity contribution >= 4 is 21.2 Å². The van der Waals surface area contributed by atoms with E-state index < -0.39 is 15.4 Å². The van der Waals surface area contributed by atoms with Gasteiger partial charge >= 0.3 is 0 Å². The van der Waals surface area contributed by atoms with Gasteiger partial charge in [0, 0.05) is 29.0 Å². The first kappa shape index (κ1) is 15.0. The van der Waals surface area contributed by atoms with Gasteiger partial charge in [0.25, 0.3) is 0 Å². The summed E-state index contributed by atoms with van der Waals surface area (Å²) in [7, 11) is -2.93. The molecule has 0 aromatic heterocycles. The molecule has 0 amide bonds. The molecule has 3 N–H and O–H groups in total. The third-order valence-electron chi connectivity index (χ3n) is 3.35. The molecule has 1 heterocycles. The van der Waals surface area contributed by atoms with E-state index in [2.05, 4.69) is 5.32 Å². The monoisotopic (exact) mass is 298 g/mol. The first-order valence-electron chi connectivity index (χ1n) is 6.84. The van der Waals surface area contributed by atoms with E-state index in [0.29, 0.717) is 24.5 Å². The van der Waals surface area contributed by atoms with E-state index in [1.54, 1.807) is 12.1 Å². The average molecular weight is 298 g/mol. The summed E-state index contributed by atoms with van der Waals surface area (Å²) in [5.41, 5.74) is 6.83. The minimum atomic E-state index is -2.93. The molecule has 1 atom stereocenters. The van der Waals surface area contributed by atoms with Crippen molar-refractivity contribution < 1.29 is 13.2 Å². The molecule has 1 aromatic carbocycles. The third-order valence-corrected chi connectivity index (χ3v) is 5.25. The zero-order valence-corrected chi connectivity index (χ0v) is 12.8. The van der Waals surface area contributed by atoms with Gasteiger partial charge in [-0.2, -0.15) is 0 Å². The van der Waals surface area contributed by atoms with Crippen LogP contribution in [0.1, 0.15) is 26.7 Å². The number of rotatable bonds is 5. The number of benzene rings is 1. The summed E-state index contributed by atoms with van der Waals surface area (Å²) in [6.07, 6.45) is 1.53. The van der Waals surface area contributed by atoms with E-state index in [4.69, 9.17) is 10.5 Å². The highest BCUT2D eigenvalue weighted by Gasteiger charge is 2.38. The number of nitrogen functional groups attached to an aromatic ring is 1. The number of nitrogens with two attached hydrogens (primary N) is 1. The number of anilines is 2. The topological polar surface area (TPSA) is 81.4 Å². The van der Waals surface area contributed by atoms with Gasteiger partial charge < -0.3 is 15.8 Å². The normalized spacial score (nSPS) is 24.5.